The zero-order chi connectivity index (χ0) is 15.7. The largest absolute Gasteiger partial charge is 0.481 e. The van der Waals surface area contributed by atoms with E-state index in [1.165, 1.54) is 0 Å². The third-order valence-electron chi connectivity index (χ3n) is 3.34. The first kappa shape index (κ1) is 18.2. The van der Waals surface area contributed by atoms with Gasteiger partial charge in [0.25, 0.3) is 0 Å². The second kappa shape index (κ2) is 9.17. The molecule has 4 N–H and O–H groups in total. The summed E-state index contributed by atoms with van der Waals surface area (Å²) in [6, 6.07) is -1.67. The topological polar surface area (TPSA) is 116 Å². The molecular formula is C13H24N2O5. The zero-order valence-electron chi connectivity index (χ0n) is 12.2. The monoisotopic (exact) mass is 288 g/mol. The summed E-state index contributed by atoms with van der Waals surface area (Å²) < 4.78 is 0. The van der Waals surface area contributed by atoms with Gasteiger partial charge in [-0.25, -0.2) is 9.59 Å². The van der Waals surface area contributed by atoms with Gasteiger partial charge in [-0.3, -0.25) is 4.79 Å². The molecule has 0 aromatic carbocycles. The summed E-state index contributed by atoms with van der Waals surface area (Å²) >= 11 is 0. The van der Waals surface area contributed by atoms with Gasteiger partial charge in [-0.1, -0.05) is 20.3 Å². The van der Waals surface area contributed by atoms with Crippen molar-refractivity contribution in [2.75, 3.05) is 0 Å². The van der Waals surface area contributed by atoms with Crippen LogP contribution in [0.4, 0.5) is 4.79 Å². The number of carboxylic acid groups (broad SMARTS) is 2. The van der Waals surface area contributed by atoms with Crippen molar-refractivity contribution in [2.24, 2.45) is 5.92 Å². The summed E-state index contributed by atoms with van der Waals surface area (Å²) in [5.74, 6) is -1.86. The van der Waals surface area contributed by atoms with E-state index in [4.69, 9.17) is 10.2 Å². The van der Waals surface area contributed by atoms with Gasteiger partial charge in [-0.2, -0.15) is 0 Å². The highest BCUT2D eigenvalue weighted by molar-refractivity contribution is 5.82. The van der Waals surface area contributed by atoms with Crippen LogP contribution in [0.25, 0.3) is 0 Å². The first-order chi connectivity index (χ1) is 9.27. The molecule has 116 valence electrons. The number of hydrogen-bond acceptors (Lipinski definition) is 3. The Labute approximate surface area is 118 Å². The molecular weight excluding hydrogens is 264 g/mol. The van der Waals surface area contributed by atoms with Crippen LogP contribution >= 0.6 is 0 Å². The Morgan fingerprint density at radius 2 is 1.70 bits per heavy atom. The number of urea groups is 1. The maximum absolute atomic E-state index is 11.7. The molecule has 2 amide bonds. The maximum atomic E-state index is 11.7. The summed E-state index contributed by atoms with van der Waals surface area (Å²) in [4.78, 5) is 33.1. The Hall–Kier alpha value is -1.79. The van der Waals surface area contributed by atoms with Crippen molar-refractivity contribution >= 4 is 18.0 Å². The first-order valence-corrected chi connectivity index (χ1v) is 6.79. The highest BCUT2D eigenvalue weighted by Crippen LogP contribution is 2.07. The number of aliphatic carboxylic acids is 2. The molecule has 0 saturated heterocycles. The van der Waals surface area contributed by atoms with E-state index in [1.807, 2.05) is 20.8 Å². The number of rotatable bonds is 9. The van der Waals surface area contributed by atoms with Crippen LogP contribution in [-0.2, 0) is 9.59 Å². The normalized spacial score (nSPS) is 14.9. The van der Waals surface area contributed by atoms with E-state index in [-0.39, 0.29) is 31.2 Å². The number of carbonyl (C=O) groups excluding carboxylic acids is 1. The number of nitrogens with one attached hydrogen (secondary N) is 2. The highest BCUT2D eigenvalue weighted by atomic mass is 16.4. The molecule has 7 heteroatoms. The zero-order valence-corrected chi connectivity index (χ0v) is 12.2. The Kier molecular flexibility index (Phi) is 8.35. The van der Waals surface area contributed by atoms with E-state index in [0.29, 0.717) is 0 Å². The van der Waals surface area contributed by atoms with Gasteiger partial charge in [-0.05, 0) is 25.7 Å². The average Bonchev–Trinajstić information content (AvgIpc) is 2.35. The van der Waals surface area contributed by atoms with Crippen molar-refractivity contribution in [2.45, 2.75) is 58.5 Å². The number of amides is 2. The van der Waals surface area contributed by atoms with Crippen molar-refractivity contribution in [3.05, 3.63) is 0 Å². The van der Waals surface area contributed by atoms with Gasteiger partial charge in [-0.15, -0.1) is 0 Å². The van der Waals surface area contributed by atoms with Crippen molar-refractivity contribution in [1.29, 1.82) is 0 Å². The lowest BCUT2D eigenvalue weighted by molar-refractivity contribution is -0.140. The molecule has 0 rings (SSSR count). The molecule has 0 radical (unpaired) electrons. The summed E-state index contributed by atoms with van der Waals surface area (Å²) in [6.45, 7) is 5.85. The van der Waals surface area contributed by atoms with Gasteiger partial charge >= 0.3 is 18.0 Å². The fourth-order valence-corrected chi connectivity index (χ4v) is 1.62. The van der Waals surface area contributed by atoms with Crippen LogP contribution in [0.5, 0.6) is 0 Å². The van der Waals surface area contributed by atoms with E-state index in [0.717, 1.165) is 6.42 Å². The maximum Gasteiger partial charge on any atom is 0.326 e. The number of hydrogen-bond donors (Lipinski definition) is 4. The Morgan fingerprint density at radius 3 is 2.15 bits per heavy atom. The molecule has 7 nitrogen and oxygen atoms in total. The molecule has 0 aliphatic rings. The van der Waals surface area contributed by atoms with Crippen LogP contribution in [0.1, 0.15) is 46.5 Å². The van der Waals surface area contributed by atoms with Crippen LogP contribution in [0.2, 0.25) is 0 Å². The molecule has 0 spiro atoms. The Bertz CT molecular complexity index is 346. The minimum absolute atomic E-state index is 0.0616. The van der Waals surface area contributed by atoms with E-state index in [2.05, 4.69) is 10.6 Å². The lowest BCUT2D eigenvalue weighted by atomic mass is 10.0. The third kappa shape index (κ3) is 7.60. The predicted molar refractivity (Wildman–Crippen MR) is 73.5 cm³/mol. The van der Waals surface area contributed by atoms with E-state index < -0.39 is 24.0 Å². The highest BCUT2D eigenvalue weighted by Gasteiger charge is 2.21. The number of carbonyl (C=O) groups is 3. The quantitative estimate of drug-likeness (QED) is 0.512. The van der Waals surface area contributed by atoms with E-state index in [9.17, 15) is 14.4 Å². The van der Waals surface area contributed by atoms with Crippen molar-refractivity contribution in [3.8, 4) is 0 Å². The lowest BCUT2D eigenvalue weighted by Gasteiger charge is -2.22. The van der Waals surface area contributed by atoms with Gasteiger partial charge in [0, 0.05) is 12.5 Å². The molecule has 0 heterocycles. The second-order valence-electron chi connectivity index (χ2n) is 4.97. The van der Waals surface area contributed by atoms with Gasteiger partial charge in [0.2, 0.25) is 0 Å². The SMILES string of the molecule is CCC(C)C(C)NC(=O)N[C@H](CCCC(=O)O)C(=O)O. The molecule has 0 aliphatic heterocycles. The van der Waals surface area contributed by atoms with Crippen molar-refractivity contribution in [3.63, 3.8) is 0 Å². The van der Waals surface area contributed by atoms with E-state index in [1.54, 1.807) is 0 Å². The minimum atomic E-state index is -1.17. The van der Waals surface area contributed by atoms with E-state index >= 15 is 0 Å². The summed E-state index contributed by atoms with van der Waals surface area (Å²) in [7, 11) is 0. The Morgan fingerprint density at radius 1 is 1.10 bits per heavy atom. The molecule has 3 atom stereocenters. The summed E-state index contributed by atoms with van der Waals surface area (Å²) in [5, 5.41) is 22.5. The van der Waals surface area contributed by atoms with Gasteiger partial charge < -0.3 is 20.8 Å². The second-order valence-corrected chi connectivity index (χ2v) is 4.97. The molecule has 0 aromatic rings. The fourth-order valence-electron chi connectivity index (χ4n) is 1.62. The van der Waals surface area contributed by atoms with Crippen molar-refractivity contribution < 1.29 is 24.6 Å². The number of carboxylic acids is 2. The summed E-state index contributed by atoms with van der Waals surface area (Å²) in [5.41, 5.74) is 0. The molecule has 0 saturated carbocycles. The Balaban J connectivity index is 4.27. The predicted octanol–water partition coefficient (Wildman–Crippen LogP) is 1.43. The van der Waals surface area contributed by atoms with Crippen LogP contribution in [-0.4, -0.2) is 40.3 Å². The van der Waals surface area contributed by atoms with Crippen LogP contribution in [0.15, 0.2) is 0 Å². The lowest BCUT2D eigenvalue weighted by Crippen LogP contribution is -2.49. The molecule has 0 fully saturated rings. The molecule has 0 aromatic heterocycles. The van der Waals surface area contributed by atoms with Gasteiger partial charge in [0.15, 0.2) is 0 Å². The van der Waals surface area contributed by atoms with Gasteiger partial charge in [0.05, 0.1) is 0 Å². The molecule has 0 bridgehead atoms. The van der Waals surface area contributed by atoms with Crippen LogP contribution < -0.4 is 10.6 Å². The minimum Gasteiger partial charge on any atom is -0.481 e. The summed E-state index contributed by atoms with van der Waals surface area (Å²) in [6.07, 6.45) is 1.08. The van der Waals surface area contributed by atoms with Crippen LogP contribution in [0, 0.1) is 5.92 Å². The third-order valence-corrected chi connectivity index (χ3v) is 3.34. The average molecular weight is 288 g/mol. The smallest absolute Gasteiger partial charge is 0.326 e. The fraction of sp³-hybridized carbons (Fsp3) is 0.769. The molecule has 20 heavy (non-hydrogen) atoms. The van der Waals surface area contributed by atoms with Crippen LogP contribution in [0.3, 0.4) is 0 Å². The standard InChI is InChI=1S/C13H24N2O5/c1-4-8(2)9(3)14-13(20)15-10(12(18)19)6-5-7-11(16)17/h8-10H,4-7H2,1-3H3,(H,16,17)(H,18,19)(H2,14,15,20)/t8?,9?,10-/m1/s1. The molecule has 2 unspecified atom stereocenters. The van der Waals surface area contributed by atoms with Crippen molar-refractivity contribution in [1.82, 2.24) is 10.6 Å². The first-order valence-electron chi connectivity index (χ1n) is 6.79. The van der Waals surface area contributed by atoms with Gasteiger partial charge in [0.1, 0.15) is 6.04 Å². The molecule has 0 aliphatic carbocycles.